The first kappa shape index (κ1) is 11.9. The fourth-order valence-corrected chi connectivity index (χ4v) is 2.64. The molecule has 0 saturated carbocycles. The van der Waals surface area contributed by atoms with Crippen LogP contribution < -0.4 is 0 Å². The molecule has 1 atom stereocenters. The molecule has 1 nitrogen and oxygen atoms in total. The normalized spacial score (nSPS) is 12.7. The zero-order valence-electron chi connectivity index (χ0n) is 8.52. The predicted molar refractivity (Wildman–Crippen MR) is 67.2 cm³/mol. The van der Waals surface area contributed by atoms with Gasteiger partial charge in [-0.3, -0.25) is 0 Å². The van der Waals surface area contributed by atoms with Crippen LogP contribution in [0.2, 0.25) is 0 Å². The largest absolute Gasteiger partial charge is 0.250 e. The molecule has 14 heavy (non-hydrogen) atoms. The Labute approximate surface area is 96.1 Å². The molecule has 0 aliphatic heterocycles. The van der Waals surface area contributed by atoms with E-state index in [-0.39, 0.29) is 0 Å². The van der Waals surface area contributed by atoms with Gasteiger partial charge in [-0.05, 0) is 42.4 Å². The van der Waals surface area contributed by atoms with Crippen LogP contribution in [0, 0.1) is 5.92 Å². The Morgan fingerprint density at radius 2 is 2.29 bits per heavy atom. The minimum Gasteiger partial charge on any atom is -0.250 e. The van der Waals surface area contributed by atoms with Crippen LogP contribution in [0.15, 0.2) is 29.4 Å². The molecule has 0 radical (unpaired) electrons. The van der Waals surface area contributed by atoms with Gasteiger partial charge in [0.15, 0.2) is 0 Å². The molecule has 0 bridgehead atoms. The van der Waals surface area contributed by atoms with Crippen LogP contribution in [0.5, 0.6) is 0 Å². The summed E-state index contributed by atoms with van der Waals surface area (Å²) in [4.78, 5) is 4.27. The van der Waals surface area contributed by atoms with E-state index in [1.165, 1.54) is 12.8 Å². The van der Waals surface area contributed by atoms with Gasteiger partial charge in [0, 0.05) is 6.20 Å². The molecule has 0 N–H and O–H groups in total. The van der Waals surface area contributed by atoms with Crippen molar-refractivity contribution in [2.24, 2.45) is 5.92 Å². The molecule has 1 aromatic rings. The van der Waals surface area contributed by atoms with E-state index in [2.05, 4.69) is 30.6 Å². The third kappa shape index (κ3) is 4.91. The average Bonchev–Trinajstić information content (AvgIpc) is 2.20. The van der Waals surface area contributed by atoms with Crippen molar-refractivity contribution in [2.45, 2.75) is 24.8 Å². The molecule has 1 aromatic heterocycles. The Balaban J connectivity index is 2.16. The van der Waals surface area contributed by atoms with Gasteiger partial charge in [-0.1, -0.05) is 13.0 Å². The average molecular weight is 227 g/mol. The maximum Gasteiger partial charge on any atom is 0.0959 e. The highest BCUT2D eigenvalue weighted by Crippen LogP contribution is 2.18. The lowest BCUT2D eigenvalue weighted by molar-refractivity contribution is 0.554. The monoisotopic (exact) mass is 227 g/mol. The van der Waals surface area contributed by atoms with E-state index in [1.54, 1.807) is 0 Å². The zero-order valence-corrected chi connectivity index (χ0v) is 10.2. The van der Waals surface area contributed by atoms with Crippen molar-refractivity contribution in [1.29, 1.82) is 0 Å². The van der Waals surface area contributed by atoms with E-state index in [9.17, 15) is 0 Å². The van der Waals surface area contributed by atoms with Crippen molar-refractivity contribution < 1.29 is 0 Å². The van der Waals surface area contributed by atoms with Crippen molar-refractivity contribution in [3.05, 3.63) is 24.4 Å². The summed E-state index contributed by atoms with van der Waals surface area (Å²) in [5.41, 5.74) is 0. The second kappa shape index (κ2) is 7.18. The maximum absolute atomic E-state index is 4.27. The second-order valence-corrected chi connectivity index (χ2v) is 4.98. The van der Waals surface area contributed by atoms with Gasteiger partial charge in [0.2, 0.25) is 0 Å². The number of rotatable bonds is 6. The zero-order chi connectivity index (χ0) is 10.2. The summed E-state index contributed by atoms with van der Waals surface area (Å²) in [5, 5.41) is 1.13. The van der Waals surface area contributed by atoms with Gasteiger partial charge in [-0.25, -0.2) is 4.98 Å². The number of thiol groups is 1. The van der Waals surface area contributed by atoms with Crippen LogP contribution in [-0.2, 0) is 0 Å². The Morgan fingerprint density at radius 1 is 1.43 bits per heavy atom. The van der Waals surface area contributed by atoms with Crippen LogP contribution >= 0.6 is 24.4 Å². The fraction of sp³-hybridized carbons (Fsp3) is 0.545. The molecule has 1 heterocycles. The molecule has 78 valence electrons. The maximum atomic E-state index is 4.27. The van der Waals surface area contributed by atoms with Gasteiger partial charge in [0.05, 0.1) is 5.03 Å². The number of aromatic nitrogens is 1. The van der Waals surface area contributed by atoms with Crippen molar-refractivity contribution in [3.63, 3.8) is 0 Å². The van der Waals surface area contributed by atoms with Crippen LogP contribution in [0.3, 0.4) is 0 Å². The van der Waals surface area contributed by atoms with Crippen molar-refractivity contribution >= 4 is 24.4 Å². The third-order valence-corrected chi connectivity index (χ3v) is 3.36. The summed E-state index contributed by atoms with van der Waals surface area (Å²) in [6.07, 6.45) is 4.31. The summed E-state index contributed by atoms with van der Waals surface area (Å²) < 4.78 is 0. The summed E-state index contributed by atoms with van der Waals surface area (Å²) in [7, 11) is 0. The Hall–Kier alpha value is -0.150. The molecule has 1 unspecified atom stereocenters. The third-order valence-electron chi connectivity index (χ3n) is 2.12. The molecule has 0 fully saturated rings. The highest BCUT2D eigenvalue weighted by molar-refractivity contribution is 7.99. The van der Waals surface area contributed by atoms with Crippen molar-refractivity contribution in [3.8, 4) is 0 Å². The number of thioether (sulfide) groups is 1. The molecule has 1 rings (SSSR count). The fourth-order valence-electron chi connectivity index (χ4n) is 1.16. The van der Waals surface area contributed by atoms with Gasteiger partial charge in [-0.15, -0.1) is 11.8 Å². The first-order valence-corrected chi connectivity index (χ1v) is 6.59. The lowest BCUT2D eigenvalue weighted by Gasteiger charge is -2.08. The van der Waals surface area contributed by atoms with E-state index < -0.39 is 0 Å². The van der Waals surface area contributed by atoms with Crippen LogP contribution in [-0.4, -0.2) is 16.5 Å². The number of hydrogen-bond acceptors (Lipinski definition) is 3. The summed E-state index contributed by atoms with van der Waals surface area (Å²) >= 11 is 6.07. The van der Waals surface area contributed by atoms with Crippen molar-refractivity contribution in [1.82, 2.24) is 4.98 Å². The minimum absolute atomic E-state index is 0.781. The summed E-state index contributed by atoms with van der Waals surface area (Å²) in [6, 6.07) is 6.05. The quantitative estimate of drug-likeness (QED) is 0.590. The van der Waals surface area contributed by atoms with Crippen LogP contribution in [0.1, 0.15) is 19.8 Å². The minimum atomic E-state index is 0.781. The van der Waals surface area contributed by atoms with E-state index in [0.29, 0.717) is 0 Å². The molecule has 0 aliphatic rings. The van der Waals surface area contributed by atoms with Gasteiger partial charge in [-0.2, -0.15) is 12.6 Å². The molecule has 0 spiro atoms. The second-order valence-electron chi connectivity index (χ2n) is 3.42. The van der Waals surface area contributed by atoms with Crippen LogP contribution in [0.25, 0.3) is 0 Å². The molecule has 0 saturated heterocycles. The first-order valence-electron chi connectivity index (χ1n) is 4.97. The van der Waals surface area contributed by atoms with Gasteiger partial charge < -0.3 is 0 Å². The van der Waals surface area contributed by atoms with Gasteiger partial charge >= 0.3 is 0 Å². The molecular weight excluding hydrogens is 210 g/mol. The molecule has 0 aliphatic carbocycles. The van der Waals surface area contributed by atoms with Gasteiger partial charge in [0.25, 0.3) is 0 Å². The number of pyridine rings is 1. The lowest BCUT2D eigenvalue weighted by Crippen LogP contribution is -1.97. The molecular formula is C11H17NS2. The Kier molecular flexibility index (Phi) is 6.12. The summed E-state index contributed by atoms with van der Waals surface area (Å²) in [6.45, 7) is 2.29. The standard InChI is InChI=1S/C11H17NS2/c1-10(5-8-13)6-9-14-11-4-2-3-7-12-11/h2-4,7,10,13H,5-6,8-9H2,1H3. The summed E-state index contributed by atoms with van der Waals surface area (Å²) in [5.74, 6) is 2.94. The highest BCUT2D eigenvalue weighted by atomic mass is 32.2. The Morgan fingerprint density at radius 3 is 2.93 bits per heavy atom. The van der Waals surface area contributed by atoms with E-state index in [4.69, 9.17) is 0 Å². The van der Waals surface area contributed by atoms with Gasteiger partial charge in [0.1, 0.15) is 0 Å². The number of nitrogens with zero attached hydrogens (tertiary/aromatic N) is 1. The predicted octanol–water partition coefficient (Wildman–Crippen LogP) is 3.52. The molecule has 3 heteroatoms. The smallest absolute Gasteiger partial charge is 0.0959 e. The van der Waals surface area contributed by atoms with Crippen molar-refractivity contribution in [2.75, 3.05) is 11.5 Å². The molecule has 0 amide bonds. The Bertz CT molecular complexity index is 238. The first-order chi connectivity index (χ1) is 6.83. The van der Waals surface area contributed by atoms with E-state index >= 15 is 0 Å². The van der Waals surface area contributed by atoms with E-state index in [1.807, 2.05) is 30.1 Å². The lowest BCUT2D eigenvalue weighted by atomic mass is 10.1. The highest BCUT2D eigenvalue weighted by Gasteiger charge is 2.01. The topological polar surface area (TPSA) is 12.9 Å². The SMILES string of the molecule is CC(CCS)CCSc1ccccn1. The van der Waals surface area contributed by atoms with Crippen LogP contribution in [0.4, 0.5) is 0 Å². The molecule has 0 aromatic carbocycles. The number of hydrogen-bond donors (Lipinski definition) is 1. The van der Waals surface area contributed by atoms with E-state index in [0.717, 1.165) is 22.4 Å².